The summed E-state index contributed by atoms with van der Waals surface area (Å²) in [7, 11) is 1.63. The monoisotopic (exact) mass is 279 g/mol. The second-order valence-electron chi connectivity index (χ2n) is 4.81. The third-order valence-corrected chi connectivity index (χ3v) is 3.17. The van der Waals surface area contributed by atoms with Crippen molar-refractivity contribution in [1.82, 2.24) is 5.32 Å². The number of carbonyl (C=O) groups is 1. The highest BCUT2D eigenvalue weighted by atomic mass is 16.5. The molecule has 0 saturated heterocycles. The third-order valence-electron chi connectivity index (χ3n) is 3.17. The fourth-order valence-electron chi connectivity index (χ4n) is 1.87. The van der Waals surface area contributed by atoms with Crippen molar-refractivity contribution in [2.45, 2.75) is 25.7 Å². The largest absolute Gasteiger partial charge is 0.382 e. The van der Waals surface area contributed by atoms with Crippen LogP contribution in [0.4, 0.5) is 0 Å². The molecule has 0 aromatic heterocycles. The van der Waals surface area contributed by atoms with E-state index in [4.69, 9.17) is 9.47 Å². The SMILES string of the molecule is COCCOCCC(=O)NCC[C@H](C)c1ccccc1. The standard InChI is InChI=1S/C16H25NO3/c1-14(15-6-4-3-5-7-15)8-10-17-16(18)9-11-20-13-12-19-2/h3-7,14H,8-13H2,1-2H3,(H,17,18)/t14-/m0/s1. The molecule has 1 atom stereocenters. The van der Waals surface area contributed by atoms with Crippen molar-refractivity contribution < 1.29 is 14.3 Å². The van der Waals surface area contributed by atoms with Crippen LogP contribution in [0.1, 0.15) is 31.2 Å². The summed E-state index contributed by atoms with van der Waals surface area (Å²) in [6.45, 7) is 4.43. The van der Waals surface area contributed by atoms with Crippen LogP contribution in [0.5, 0.6) is 0 Å². The highest BCUT2D eigenvalue weighted by Crippen LogP contribution is 2.17. The van der Waals surface area contributed by atoms with Gasteiger partial charge in [0, 0.05) is 20.1 Å². The molecule has 1 amide bonds. The van der Waals surface area contributed by atoms with Crippen LogP contribution in [-0.4, -0.2) is 39.4 Å². The molecule has 0 aliphatic heterocycles. The van der Waals surface area contributed by atoms with Crippen molar-refractivity contribution in [3.8, 4) is 0 Å². The van der Waals surface area contributed by atoms with E-state index in [9.17, 15) is 4.79 Å². The summed E-state index contributed by atoms with van der Waals surface area (Å²) in [5.74, 6) is 0.497. The lowest BCUT2D eigenvalue weighted by Crippen LogP contribution is -2.26. The topological polar surface area (TPSA) is 47.6 Å². The summed E-state index contributed by atoms with van der Waals surface area (Å²) < 4.78 is 10.1. The van der Waals surface area contributed by atoms with Crippen LogP contribution >= 0.6 is 0 Å². The lowest BCUT2D eigenvalue weighted by Gasteiger charge is -2.12. The van der Waals surface area contributed by atoms with E-state index in [0.29, 0.717) is 38.7 Å². The maximum atomic E-state index is 11.6. The van der Waals surface area contributed by atoms with Gasteiger partial charge in [0.05, 0.1) is 19.8 Å². The van der Waals surface area contributed by atoms with Crippen molar-refractivity contribution >= 4 is 5.91 Å². The number of nitrogens with one attached hydrogen (secondary N) is 1. The maximum Gasteiger partial charge on any atom is 0.222 e. The molecule has 1 rings (SSSR count). The fraction of sp³-hybridized carbons (Fsp3) is 0.562. The minimum Gasteiger partial charge on any atom is -0.382 e. The van der Waals surface area contributed by atoms with E-state index in [-0.39, 0.29) is 5.91 Å². The van der Waals surface area contributed by atoms with Crippen LogP contribution in [0, 0.1) is 0 Å². The van der Waals surface area contributed by atoms with Gasteiger partial charge >= 0.3 is 0 Å². The Morgan fingerprint density at radius 3 is 2.65 bits per heavy atom. The Morgan fingerprint density at radius 2 is 1.95 bits per heavy atom. The van der Waals surface area contributed by atoms with E-state index in [1.807, 2.05) is 18.2 Å². The van der Waals surface area contributed by atoms with Crippen LogP contribution in [0.3, 0.4) is 0 Å². The summed E-state index contributed by atoms with van der Waals surface area (Å²) in [6.07, 6.45) is 1.35. The summed E-state index contributed by atoms with van der Waals surface area (Å²) in [5.41, 5.74) is 1.31. The average molecular weight is 279 g/mol. The van der Waals surface area contributed by atoms with E-state index in [0.717, 1.165) is 6.42 Å². The quantitative estimate of drug-likeness (QED) is 0.669. The van der Waals surface area contributed by atoms with Gasteiger partial charge in [-0.1, -0.05) is 37.3 Å². The molecule has 4 nitrogen and oxygen atoms in total. The molecule has 0 bridgehead atoms. The van der Waals surface area contributed by atoms with Gasteiger partial charge in [-0.3, -0.25) is 4.79 Å². The lowest BCUT2D eigenvalue weighted by atomic mass is 9.98. The Bertz CT molecular complexity index is 367. The number of rotatable bonds is 10. The van der Waals surface area contributed by atoms with E-state index in [2.05, 4.69) is 24.4 Å². The number of benzene rings is 1. The smallest absolute Gasteiger partial charge is 0.222 e. The van der Waals surface area contributed by atoms with Gasteiger partial charge in [0.1, 0.15) is 0 Å². The molecule has 4 heteroatoms. The minimum atomic E-state index is 0.0441. The summed E-state index contributed by atoms with van der Waals surface area (Å²) in [5, 5.41) is 2.92. The molecule has 0 fully saturated rings. The van der Waals surface area contributed by atoms with Crippen LogP contribution in [0.25, 0.3) is 0 Å². The van der Waals surface area contributed by atoms with Gasteiger partial charge in [-0.15, -0.1) is 0 Å². The number of hydrogen-bond donors (Lipinski definition) is 1. The first-order chi connectivity index (χ1) is 9.74. The van der Waals surface area contributed by atoms with Gasteiger partial charge < -0.3 is 14.8 Å². The molecule has 1 aromatic carbocycles. The van der Waals surface area contributed by atoms with Crippen LogP contribution in [-0.2, 0) is 14.3 Å². The Morgan fingerprint density at radius 1 is 1.20 bits per heavy atom. The number of amides is 1. The molecule has 0 aliphatic carbocycles. The Balaban J connectivity index is 2.07. The number of methoxy groups -OCH3 is 1. The number of hydrogen-bond acceptors (Lipinski definition) is 3. The molecule has 0 heterocycles. The van der Waals surface area contributed by atoms with Gasteiger partial charge in [-0.05, 0) is 17.9 Å². The molecule has 1 N–H and O–H groups in total. The van der Waals surface area contributed by atoms with E-state index < -0.39 is 0 Å². The Kier molecular flexibility index (Phi) is 8.67. The van der Waals surface area contributed by atoms with Crippen molar-refractivity contribution in [2.75, 3.05) is 33.5 Å². The zero-order chi connectivity index (χ0) is 14.6. The first-order valence-electron chi connectivity index (χ1n) is 7.12. The highest BCUT2D eigenvalue weighted by molar-refractivity contribution is 5.75. The summed E-state index contributed by atoms with van der Waals surface area (Å²) in [6, 6.07) is 10.3. The molecule has 0 spiro atoms. The van der Waals surface area contributed by atoms with Gasteiger partial charge in [0.25, 0.3) is 0 Å². The van der Waals surface area contributed by atoms with Crippen LogP contribution in [0.2, 0.25) is 0 Å². The summed E-state index contributed by atoms with van der Waals surface area (Å²) in [4.78, 5) is 11.6. The van der Waals surface area contributed by atoms with Crippen molar-refractivity contribution in [2.24, 2.45) is 0 Å². The molecule has 20 heavy (non-hydrogen) atoms. The zero-order valence-electron chi connectivity index (χ0n) is 12.4. The Labute approximate surface area is 121 Å². The fourth-order valence-corrected chi connectivity index (χ4v) is 1.87. The first kappa shape index (κ1) is 16.7. The van der Waals surface area contributed by atoms with Crippen molar-refractivity contribution in [3.63, 3.8) is 0 Å². The number of ether oxygens (including phenoxy) is 2. The summed E-state index contributed by atoms with van der Waals surface area (Å²) >= 11 is 0. The Hall–Kier alpha value is -1.39. The third kappa shape index (κ3) is 7.26. The van der Waals surface area contributed by atoms with Crippen LogP contribution in [0.15, 0.2) is 30.3 Å². The van der Waals surface area contributed by atoms with Crippen LogP contribution < -0.4 is 5.32 Å². The van der Waals surface area contributed by atoms with Gasteiger partial charge in [-0.25, -0.2) is 0 Å². The molecule has 112 valence electrons. The number of carbonyl (C=O) groups excluding carboxylic acids is 1. The normalized spacial score (nSPS) is 12.1. The average Bonchev–Trinajstić information content (AvgIpc) is 2.48. The second-order valence-corrected chi connectivity index (χ2v) is 4.81. The molecule has 1 aromatic rings. The van der Waals surface area contributed by atoms with E-state index >= 15 is 0 Å². The minimum absolute atomic E-state index is 0.0441. The molecule has 0 aliphatic rings. The molecule has 0 saturated carbocycles. The molecule has 0 radical (unpaired) electrons. The first-order valence-corrected chi connectivity index (χ1v) is 7.12. The van der Waals surface area contributed by atoms with E-state index in [1.165, 1.54) is 5.56 Å². The van der Waals surface area contributed by atoms with Gasteiger partial charge in [-0.2, -0.15) is 0 Å². The molecule has 0 unspecified atom stereocenters. The molecular formula is C16H25NO3. The predicted octanol–water partition coefficient (Wildman–Crippen LogP) is 2.35. The van der Waals surface area contributed by atoms with Gasteiger partial charge in [0.2, 0.25) is 5.91 Å². The van der Waals surface area contributed by atoms with Crippen molar-refractivity contribution in [3.05, 3.63) is 35.9 Å². The highest BCUT2D eigenvalue weighted by Gasteiger charge is 2.06. The second kappa shape index (κ2) is 10.4. The molecular weight excluding hydrogens is 254 g/mol. The zero-order valence-corrected chi connectivity index (χ0v) is 12.4. The lowest BCUT2D eigenvalue weighted by molar-refractivity contribution is -0.122. The predicted molar refractivity (Wildman–Crippen MR) is 79.8 cm³/mol. The van der Waals surface area contributed by atoms with Crippen molar-refractivity contribution in [1.29, 1.82) is 0 Å². The maximum absolute atomic E-state index is 11.6. The van der Waals surface area contributed by atoms with E-state index in [1.54, 1.807) is 7.11 Å². The van der Waals surface area contributed by atoms with Gasteiger partial charge in [0.15, 0.2) is 0 Å².